The molecule has 0 amide bonds. The molecule has 196 valence electrons. The molecule has 2 aromatic rings. The lowest BCUT2D eigenvalue weighted by atomic mass is 9.98. The first-order valence-corrected chi connectivity index (χ1v) is 13.4. The molecule has 1 unspecified atom stereocenters. The summed E-state index contributed by atoms with van der Waals surface area (Å²) in [5.74, 6) is 1.86. The highest BCUT2D eigenvalue weighted by molar-refractivity contribution is 5.83. The van der Waals surface area contributed by atoms with Gasteiger partial charge in [0.05, 0.1) is 12.6 Å². The van der Waals surface area contributed by atoms with Crippen LogP contribution in [0.5, 0.6) is 5.75 Å². The minimum atomic E-state index is -0.480. The molecule has 2 aliphatic rings. The van der Waals surface area contributed by atoms with E-state index in [2.05, 4.69) is 22.3 Å². The largest absolute Gasteiger partial charge is 0.491 e. The maximum Gasteiger partial charge on any atom is 0.151 e. The van der Waals surface area contributed by atoms with Gasteiger partial charge in [-0.25, -0.2) is 9.37 Å². The number of anilines is 1. The predicted octanol–water partition coefficient (Wildman–Crippen LogP) is 5.36. The number of methoxy groups -OCH3 is 1. The number of hydrogen-bond donors (Lipinski definition) is 1. The molecule has 0 radical (unpaired) electrons. The number of fused-ring (bicyclic) bond motifs is 1. The van der Waals surface area contributed by atoms with Crippen LogP contribution >= 0.6 is 0 Å². The Balaban J connectivity index is 1.26. The van der Waals surface area contributed by atoms with Gasteiger partial charge in [-0.15, -0.1) is 0 Å². The number of nitrogens with zero attached hydrogens (tertiary/aromatic N) is 2. The molecule has 1 aromatic carbocycles. The first kappa shape index (κ1) is 26.6. The van der Waals surface area contributed by atoms with Crippen LogP contribution < -0.4 is 10.1 Å². The van der Waals surface area contributed by atoms with Crippen molar-refractivity contribution in [2.45, 2.75) is 64.3 Å². The zero-order chi connectivity index (χ0) is 25.3. The van der Waals surface area contributed by atoms with E-state index in [0.717, 1.165) is 57.6 Å². The number of aromatic nitrogens is 1. The maximum atomic E-state index is 14.1. The minimum Gasteiger partial charge on any atom is -0.491 e. The molecule has 1 aromatic heterocycles. The number of carbonyl (C=O) groups is 1. The highest BCUT2D eigenvalue weighted by Crippen LogP contribution is 2.35. The van der Waals surface area contributed by atoms with Crippen molar-refractivity contribution in [2.75, 3.05) is 45.3 Å². The van der Waals surface area contributed by atoms with Crippen LogP contribution in [0.2, 0.25) is 0 Å². The van der Waals surface area contributed by atoms with Crippen LogP contribution in [-0.2, 0) is 22.4 Å². The van der Waals surface area contributed by atoms with E-state index in [9.17, 15) is 9.18 Å². The summed E-state index contributed by atoms with van der Waals surface area (Å²) in [6.45, 7) is 5.11. The first-order valence-electron chi connectivity index (χ1n) is 13.4. The van der Waals surface area contributed by atoms with Gasteiger partial charge in [-0.1, -0.05) is 18.9 Å². The van der Waals surface area contributed by atoms with Crippen molar-refractivity contribution in [3.63, 3.8) is 0 Å². The normalized spacial score (nSPS) is 18.5. The summed E-state index contributed by atoms with van der Waals surface area (Å²) in [5, 5.41) is 3.42. The zero-order valence-electron chi connectivity index (χ0n) is 21.7. The summed E-state index contributed by atoms with van der Waals surface area (Å²) in [6, 6.07) is 8.39. The lowest BCUT2D eigenvalue weighted by Crippen LogP contribution is -2.32. The van der Waals surface area contributed by atoms with Gasteiger partial charge in [-0.2, -0.15) is 0 Å². The number of nitrogens with one attached hydrogen (secondary N) is 1. The van der Waals surface area contributed by atoms with Gasteiger partial charge < -0.3 is 14.8 Å². The van der Waals surface area contributed by atoms with Crippen molar-refractivity contribution in [1.29, 1.82) is 0 Å². The van der Waals surface area contributed by atoms with Crippen molar-refractivity contribution in [3.05, 3.63) is 53.0 Å². The van der Waals surface area contributed by atoms with Crippen LogP contribution in [-0.4, -0.2) is 55.6 Å². The van der Waals surface area contributed by atoms with Gasteiger partial charge in [-0.3, -0.25) is 9.69 Å². The third kappa shape index (κ3) is 7.04. The number of benzene rings is 1. The van der Waals surface area contributed by atoms with Crippen LogP contribution in [0.4, 0.5) is 10.2 Å². The molecule has 0 spiro atoms. The van der Waals surface area contributed by atoms with Crippen molar-refractivity contribution < 1.29 is 18.7 Å². The van der Waals surface area contributed by atoms with E-state index in [4.69, 9.17) is 14.5 Å². The van der Waals surface area contributed by atoms with Crippen molar-refractivity contribution in [3.8, 4) is 5.75 Å². The Bertz CT molecular complexity index is 1020. The lowest BCUT2D eigenvalue weighted by molar-refractivity contribution is -0.122. The molecular formula is C29H40FN3O3. The Hall–Kier alpha value is -2.51. The van der Waals surface area contributed by atoms with Crippen LogP contribution in [0.1, 0.15) is 68.3 Å². The molecule has 7 heteroatoms. The molecular weight excluding hydrogens is 457 g/mol. The summed E-state index contributed by atoms with van der Waals surface area (Å²) < 4.78 is 25.0. The molecule has 0 aliphatic carbocycles. The van der Waals surface area contributed by atoms with Crippen LogP contribution in [0.25, 0.3) is 0 Å². The van der Waals surface area contributed by atoms with Gasteiger partial charge in [0.15, 0.2) is 5.78 Å². The van der Waals surface area contributed by atoms with Crippen LogP contribution in [0.15, 0.2) is 30.3 Å². The first-order chi connectivity index (χ1) is 17.5. The smallest absolute Gasteiger partial charge is 0.151 e. The second kappa shape index (κ2) is 13.2. The Kier molecular flexibility index (Phi) is 9.70. The van der Waals surface area contributed by atoms with Gasteiger partial charge in [-0.05, 0) is 87.7 Å². The SMILES string of the molecule is COCCOc1ccc(F)cc1C(C(C)=O)N1CC[C@@H](CCCCCc2ccc3c(n2)NCCC3)C1. The number of ketones is 1. The quantitative estimate of drug-likeness (QED) is 0.376. The average Bonchev–Trinajstić information content (AvgIpc) is 3.33. The van der Waals surface area contributed by atoms with E-state index in [1.165, 1.54) is 42.7 Å². The molecule has 36 heavy (non-hydrogen) atoms. The van der Waals surface area contributed by atoms with Crippen molar-refractivity contribution >= 4 is 11.6 Å². The maximum absolute atomic E-state index is 14.1. The summed E-state index contributed by atoms with van der Waals surface area (Å²) >= 11 is 0. The molecule has 1 N–H and O–H groups in total. The van der Waals surface area contributed by atoms with Crippen molar-refractivity contribution in [2.24, 2.45) is 5.92 Å². The van der Waals surface area contributed by atoms with Gasteiger partial charge in [0, 0.05) is 31.5 Å². The summed E-state index contributed by atoms with van der Waals surface area (Å²) in [6.07, 6.45) is 9.05. The van der Waals surface area contributed by atoms with E-state index in [1.54, 1.807) is 20.1 Å². The summed E-state index contributed by atoms with van der Waals surface area (Å²) in [5.41, 5.74) is 3.14. The van der Waals surface area contributed by atoms with Gasteiger partial charge in [0.1, 0.15) is 24.0 Å². The molecule has 4 rings (SSSR count). The second-order valence-corrected chi connectivity index (χ2v) is 10.1. The number of unbranched alkanes of at least 4 members (excludes halogenated alkanes) is 2. The Morgan fingerprint density at radius 1 is 1.22 bits per heavy atom. The van der Waals surface area contributed by atoms with E-state index >= 15 is 0 Å². The third-order valence-electron chi connectivity index (χ3n) is 7.38. The van der Waals surface area contributed by atoms with E-state index in [1.807, 2.05) is 0 Å². The van der Waals surface area contributed by atoms with Crippen LogP contribution in [0.3, 0.4) is 0 Å². The second-order valence-electron chi connectivity index (χ2n) is 10.1. The molecule has 1 fully saturated rings. The van der Waals surface area contributed by atoms with Gasteiger partial charge in [0.25, 0.3) is 0 Å². The highest BCUT2D eigenvalue weighted by atomic mass is 19.1. The fourth-order valence-electron chi connectivity index (χ4n) is 5.53. The van der Waals surface area contributed by atoms with E-state index < -0.39 is 6.04 Å². The number of aryl methyl sites for hydroxylation is 2. The number of hydrogen-bond acceptors (Lipinski definition) is 6. The number of likely N-dealkylation sites (tertiary alicyclic amines) is 1. The highest BCUT2D eigenvalue weighted by Gasteiger charge is 2.33. The summed E-state index contributed by atoms with van der Waals surface area (Å²) in [4.78, 5) is 19.7. The molecule has 0 saturated carbocycles. The van der Waals surface area contributed by atoms with E-state index in [-0.39, 0.29) is 11.6 Å². The molecule has 0 bridgehead atoms. The number of halogens is 1. The fraction of sp³-hybridized carbons (Fsp3) is 0.586. The number of pyridine rings is 1. The molecule has 6 nitrogen and oxygen atoms in total. The standard InChI is InChI=1S/C29H40FN3O3/c1-21(34)28(26-19-24(30)11-13-27(26)36-18-17-35-2)33-16-14-22(20-33)7-4-3-5-9-25-12-10-23-8-6-15-31-29(23)32-25/h10-13,19,22,28H,3-9,14-18,20H2,1-2H3,(H,31,32)/t22-,28?/m1/s1. The summed E-state index contributed by atoms with van der Waals surface area (Å²) in [7, 11) is 1.61. The van der Waals surface area contributed by atoms with Gasteiger partial charge >= 0.3 is 0 Å². The molecule has 3 heterocycles. The van der Waals surface area contributed by atoms with Crippen LogP contribution in [0, 0.1) is 11.7 Å². The Morgan fingerprint density at radius 3 is 2.94 bits per heavy atom. The van der Waals surface area contributed by atoms with Gasteiger partial charge in [0.2, 0.25) is 0 Å². The lowest BCUT2D eigenvalue weighted by Gasteiger charge is -2.28. The molecule has 1 saturated heterocycles. The number of rotatable bonds is 13. The average molecular weight is 498 g/mol. The zero-order valence-corrected chi connectivity index (χ0v) is 21.7. The minimum absolute atomic E-state index is 0.0184. The number of carbonyl (C=O) groups excluding carboxylic acids is 1. The Morgan fingerprint density at radius 2 is 2.11 bits per heavy atom. The number of ether oxygens (including phenoxy) is 2. The topological polar surface area (TPSA) is 63.7 Å². The predicted molar refractivity (Wildman–Crippen MR) is 140 cm³/mol. The molecule has 2 atom stereocenters. The monoisotopic (exact) mass is 497 g/mol. The molecule has 2 aliphatic heterocycles. The fourth-order valence-corrected chi connectivity index (χ4v) is 5.53. The Labute approximate surface area is 214 Å². The number of Topliss-reactive ketones (excluding diaryl/α,β-unsaturated/α-hetero) is 1. The third-order valence-corrected chi connectivity index (χ3v) is 7.38. The van der Waals surface area contributed by atoms with Crippen molar-refractivity contribution in [1.82, 2.24) is 9.88 Å². The van der Waals surface area contributed by atoms with E-state index in [0.29, 0.717) is 30.4 Å².